The van der Waals surface area contributed by atoms with E-state index >= 15 is 0 Å². The van der Waals surface area contributed by atoms with Gasteiger partial charge in [0.25, 0.3) is 5.91 Å². The minimum atomic E-state index is -0.237. The van der Waals surface area contributed by atoms with Crippen molar-refractivity contribution < 1.29 is 9.53 Å². The Morgan fingerprint density at radius 3 is 2.32 bits per heavy atom. The number of nitrogens with one attached hydrogen (secondary N) is 2. The minimum Gasteiger partial charge on any atom is -0.497 e. The average Bonchev–Trinajstić information content (AvgIpc) is 2.68. The third-order valence-electron chi connectivity index (χ3n) is 4.24. The Bertz CT molecular complexity index is 918. The van der Waals surface area contributed by atoms with Crippen molar-refractivity contribution in [3.8, 4) is 5.75 Å². The lowest BCUT2D eigenvalue weighted by Crippen LogP contribution is -2.26. The molecule has 28 heavy (non-hydrogen) atoms. The number of aryl methyl sites for hydroxylation is 2. The van der Waals surface area contributed by atoms with Crippen LogP contribution in [0.5, 0.6) is 5.75 Å². The molecule has 0 atom stereocenters. The van der Waals surface area contributed by atoms with E-state index in [2.05, 4.69) is 26.7 Å². The summed E-state index contributed by atoms with van der Waals surface area (Å²) in [5.74, 6) is 1.18. The molecule has 1 aromatic heterocycles. The molecule has 0 spiro atoms. The van der Waals surface area contributed by atoms with E-state index in [0.29, 0.717) is 18.1 Å². The molecule has 0 saturated carbocycles. The van der Waals surface area contributed by atoms with Gasteiger partial charge in [-0.15, -0.1) is 0 Å². The van der Waals surface area contributed by atoms with Gasteiger partial charge in [0.2, 0.25) is 0 Å². The van der Waals surface area contributed by atoms with Crippen LogP contribution in [0.2, 0.25) is 0 Å². The van der Waals surface area contributed by atoms with Crippen molar-refractivity contribution >= 4 is 17.4 Å². The normalized spacial score (nSPS) is 10.4. The summed E-state index contributed by atoms with van der Waals surface area (Å²) in [5, 5.41) is 6.08. The Kier molecular flexibility index (Phi) is 6.22. The molecule has 1 amide bonds. The molecule has 0 aliphatic carbocycles. The van der Waals surface area contributed by atoms with E-state index in [9.17, 15) is 4.79 Å². The van der Waals surface area contributed by atoms with Gasteiger partial charge in [-0.05, 0) is 61.2 Å². The van der Waals surface area contributed by atoms with Crippen LogP contribution in [0.3, 0.4) is 0 Å². The Hall–Kier alpha value is -3.41. The smallest absolute Gasteiger partial charge is 0.271 e. The molecule has 0 unspecified atom stereocenters. The van der Waals surface area contributed by atoms with E-state index in [4.69, 9.17) is 4.74 Å². The summed E-state index contributed by atoms with van der Waals surface area (Å²) in [6.07, 6.45) is 3.78. The zero-order valence-electron chi connectivity index (χ0n) is 16.3. The third kappa shape index (κ3) is 5.30. The van der Waals surface area contributed by atoms with Gasteiger partial charge in [0.05, 0.1) is 19.5 Å². The molecular weight excluding hydrogens is 352 g/mol. The molecule has 144 valence electrons. The average molecular weight is 376 g/mol. The van der Waals surface area contributed by atoms with E-state index < -0.39 is 0 Å². The zero-order chi connectivity index (χ0) is 19.9. The molecule has 6 nitrogen and oxygen atoms in total. The largest absolute Gasteiger partial charge is 0.497 e. The molecule has 0 aliphatic rings. The first-order valence-corrected chi connectivity index (χ1v) is 9.12. The molecule has 1 heterocycles. The summed E-state index contributed by atoms with van der Waals surface area (Å²) >= 11 is 0. The summed E-state index contributed by atoms with van der Waals surface area (Å²) in [7, 11) is 1.64. The molecule has 0 aliphatic heterocycles. The minimum absolute atomic E-state index is 0.237. The van der Waals surface area contributed by atoms with Gasteiger partial charge in [-0.2, -0.15) is 0 Å². The van der Waals surface area contributed by atoms with Crippen LogP contribution in [-0.2, 0) is 6.42 Å². The topological polar surface area (TPSA) is 76.1 Å². The number of aromatic nitrogens is 2. The predicted octanol–water partition coefficient (Wildman–Crippen LogP) is 3.82. The monoisotopic (exact) mass is 376 g/mol. The van der Waals surface area contributed by atoms with Crippen LogP contribution >= 0.6 is 0 Å². The Balaban J connectivity index is 1.52. The Morgan fingerprint density at radius 2 is 1.71 bits per heavy atom. The van der Waals surface area contributed by atoms with Crippen LogP contribution in [-0.4, -0.2) is 29.5 Å². The second kappa shape index (κ2) is 8.99. The van der Waals surface area contributed by atoms with Crippen LogP contribution in [0.25, 0.3) is 0 Å². The lowest BCUT2D eigenvalue weighted by Gasteiger charge is -2.09. The van der Waals surface area contributed by atoms with Crippen LogP contribution in [0.15, 0.2) is 54.9 Å². The highest BCUT2D eigenvalue weighted by molar-refractivity contribution is 5.92. The molecule has 0 bridgehead atoms. The summed E-state index contributed by atoms with van der Waals surface area (Å²) in [6.45, 7) is 4.61. The maximum Gasteiger partial charge on any atom is 0.271 e. The number of rotatable bonds is 7. The van der Waals surface area contributed by atoms with Crippen LogP contribution in [0.1, 0.15) is 27.2 Å². The third-order valence-corrected chi connectivity index (χ3v) is 4.24. The molecule has 0 saturated heterocycles. The van der Waals surface area contributed by atoms with Gasteiger partial charge in [0.1, 0.15) is 17.3 Å². The van der Waals surface area contributed by atoms with Crippen molar-refractivity contribution in [2.75, 3.05) is 19.0 Å². The first-order chi connectivity index (χ1) is 13.5. The molecule has 0 radical (unpaired) electrons. The van der Waals surface area contributed by atoms with Crippen molar-refractivity contribution in [1.29, 1.82) is 0 Å². The number of ether oxygens (including phenoxy) is 1. The molecule has 0 fully saturated rings. The summed E-state index contributed by atoms with van der Waals surface area (Å²) in [5.41, 5.74) is 4.70. The SMILES string of the molecule is COc1ccc(CCNC(=O)c2cnc(Nc3cc(C)cc(C)c3)cn2)cc1. The summed E-state index contributed by atoms with van der Waals surface area (Å²) < 4.78 is 5.14. The number of carbonyl (C=O) groups excluding carboxylic acids is 1. The van der Waals surface area contributed by atoms with Gasteiger partial charge in [-0.25, -0.2) is 9.97 Å². The van der Waals surface area contributed by atoms with Crippen molar-refractivity contribution in [3.05, 3.63) is 77.2 Å². The number of hydrogen-bond acceptors (Lipinski definition) is 5. The highest BCUT2D eigenvalue weighted by Crippen LogP contribution is 2.17. The number of methoxy groups -OCH3 is 1. The second-order valence-corrected chi connectivity index (χ2v) is 6.64. The van der Waals surface area contributed by atoms with Crippen molar-refractivity contribution in [1.82, 2.24) is 15.3 Å². The first-order valence-electron chi connectivity index (χ1n) is 9.12. The van der Waals surface area contributed by atoms with E-state index in [0.717, 1.165) is 23.4 Å². The molecule has 6 heteroatoms. The van der Waals surface area contributed by atoms with Gasteiger partial charge in [0.15, 0.2) is 0 Å². The van der Waals surface area contributed by atoms with Crippen molar-refractivity contribution in [3.63, 3.8) is 0 Å². The standard InChI is InChI=1S/C22H24N4O2/c1-15-10-16(2)12-18(11-15)26-21-14-24-20(13-25-21)22(27)23-9-8-17-4-6-19(28-3)7-5-17/h4-7,10-14H,8-9H2,1-3H3,(H,23,27)(H,25,26). The van der Waals surface area contributed by atoms with E-state index in [1.54, 1.807) is 13.3 Å². The van der Waals surface area contributed by atoms with Crippen LogP contribution in [0, 0.1) is 13.8 Å². The number of benzene rings is 2. The van der Waals surface area contributed by atoms with Gasteiger partial charge in [-0.3, -0.25) is 4.79 Å². The van der Waals surface area contributed by atoms with Gasteiger partial charge in [-0.1, -0.05) is 18.2 Å². The van der Waals surface area contributed by atoms with E-state index in [1.165, 1.54) is 17.3 Å². The molecule has 3 rings (SSSR count). The molecule has 2 aromatic carbocycles. The van der Waals surface area contributed by atoms with Gasteiger partial charge in [0, 0.05) is 12.2 Å². The number of carbonyl (C=O) groups is 1. The zero-order valence-corrected chi connectivity index (χ0v) is 16.3. The highest BCUT2D eigenvalue weighted by atomic mass is 16.5. The second-order valence-electron chi connectivity index (χ2n) is 6.64. The lowest BCUT2D eigenvalue weighted by molar-refractivity contribution is 0.0949. The Morgan fingerprint density at radius 1 is 1.00 bits per heavy atom. The molecular formula is C22H24N4O2. The Labute approximate surface area is 165 Å². The summed E-state index contributed by atoms with van der Waals surface area (Å²) in [6, 6.07) is 14.0. The number of anilines is 2. The van der Waals surface area contributed by atoms with E-state index in [1.807, 2.05) is 50.2 Å². The van der Waals surface area contributed by atoms with Crippen molar-refractivity contribution in [2.24, 2.45) is 0 Å². The lowest BCUT2D eigenvalue weighted by atomic mass is 10.1. The highest BCUT2D eigenvalue weighted by Gasteiger charge is 2.08. The summed E-state index contributed by atoms with van der Waals surface area (Å²) in [4.78, 5) is 20.7. The van der Waals surface area contributed by atoms with Crippen molar-refractivity contribution in [2.45, 2.75) is 20.3 Å². The molecule has 2 N–H and O–H groups in total. The predicted molar refractivity (Wildman–Crippen MR) is 110 cm³/mol. The van der Waals surface area contributed by atoms with Crippen LogP contribution < -0.4 is 15.4 Å². The number of nitrogens with zero attached hydrogens (tertiary/aromatic N) is 2. The first kappa shape index (κ1) is 19.4. The fraction of sp³-hybridized carbons (Fsp3) is 0.227. The maximum atomic E-state index is 12.2. The number of hydrogen-bond donors (Lipinski definition) is 2. The van der Waals surface area contributed by atoms with Gasteiger partial charge < -0.3 is 15.4 Å². The maximum absolute atomic E-state index is 12.2. The number of amides is 1. The van der Waals surface area contributed by atoms with Gasteiger partial charge >= 0.3 is 0 Å². The van der Waals surface area contributed by atoms with Crippen LogP contribution in [0.4, 0.5) is 11.5 Å². The van der Waals surface area contributed by atoms with E-state index in [-0.39, 0.29) is 5.91 Å². The fourth-order valence-corrected chi connectivity index (χ4v) is 2.91. The quantitative estimate of drug-likeness (QED) is 0.656. The fourth-order valence-electron chi connectivity index (χ4n) is 2.91. The molecule has 3 aromatic rings.